The summed E-state index contributed by atoms with van der Waals surface area (Å²) in [4.78, 5) is 5.23. The summed E-state index contributed by atoms with van der Waals surface area (Å²) >= 11 is 3.80. The Balaban J connectivity index is 1.66. The van der Waals surface area contributed by atoms with E-state index in [1.165, 1.54) is 27.6 Å². The van der Waals surface area contributed by atoms with Crippen LogP contribution >= 0.6 is 15.9 Å². The van der Waals surface area contributed by atoms with Gasteiger partial charge < -0.3 is 0 Å². The van der Waals surface area contributed by atoms with Crippen LogP contribution in [0, 0.1) is 0 Å². The Labute approximate surface area is 170 Å². The Kier molecular flexibility index (Phi) is 6.03. The van der Waals surface area contributed by atoms with Gasteiger partial charge in [0.15, 0.2) is 0 Å². The average molecular weight is 421 g/mol. The van der Waals surface area contributed by atoms with Crippen molar-refractivity contribution < 1.29 is 0 Å². The molecule has 0 radical (unpaired) electrons. The van der Waals surface area contributed by atoms with Gasteiger partial charge in [-0.15, -0.1) is 0 Å². The zero-order valence-corrected chi connectivity index (χ0v) is 17.1. The van der Waals surface area contributed by atoms with E-state index in [9.17, 15) is 0 Å². The van der Waals surface area contributed by atoms with Crippen LogP contribution in [0.2, 0.25) is 0 Å². The highest BCUT2D eigenvalue weighted by atomic mass is 79.9. The lowest BCUT2D eigenvalue weighted by Gasteiger charge is -2.44. The van der Waals surface area contributed by atoms with E-state index >= 15 is 0 Å². The third-order valence-electron chi connectivity index (χ3n) is 5.22. The highest BCUT2D eigenvalue weighted by Crippen LogP contribution is 2.35. The van der Waals surface area contributed by atoms with Crippen LogP contribution in [0.1, 0.15) is 29.3 Å². The zero-order valence-electron chi connectivity index (χ0n) is 15.5. The molecule has 3 heteroatoms. The minimum Gasteiger partial charge on any atom is -0.280 e. The SMILES string of the molecule is Brc1ccccc1C1N(Cc2ccccc2)CCCN1Cc1ccccc1. The molecule has 1 saturated heterocycles. The molecule has 1 fully saturated rings. The second-order valence-electron chi connectivity index (χ2n) is 7.16. The van der Waals surface area contributed by atoms with E-state index in [1.54, 1.807) is 0 Å². The number of hydrogen-bond acceptors (Lipinski definition) is 2. The van der Waals surface area contributed by atoms with E-state index in [1.807, 2.05) is 0 Å². The average Bonchev–Trinajstić information content (AvgIpc) is 2.71. The van der Waals surface area contributed by atoms with Crippen molar-refractivity contribution in [3.8, 4) is 0 Å². The second kappa shape index (κ2) is 8.83. The molecular formula is C24H25BrN2. The van der Waals surface area contributed by atoms with Crippen molar-refractivity contribution >= 4 is 15.9 Å². The third-order valence-corrected chi connectivity index (χ3v) is 5.94. The lowest BCUT2D eigenvalue weighted by Crippen LogP contribution is -2.47. The van der Waals surface area contributed by atoms with E-state index in [0.29, 0.717) is 0 Å². The van der Waals surface area contributed by atoms with Crippen LogP contribution in [0.4, 0.5) is 0 Å². The molecule has 1 aliphatic rings. The van der Waals surface area contributed by atoms with Crippen LogP contribution in [0.5, 0.6) is 0 Å². The van der Waals surface area contributed by atoms with Gasteiger partial charge in [0.05, 0.1) is 6.17 Å². The summed E-state index contributed by atoms with van der Waals surface area (Å²) in [5, 5.41) is 0. The van der Waals surface area contributed by atoms with Crippen LogP contribution in [0.25, 0.3) is 0 Å². The molecule has 27 heavy (non-hydrogen) atoms. The first-order valence-corrected chi connectivity index (χ1v) is 10.4. The van der Waals surface area contributed by atoms with Crippen molar-refractivity contribution in [3.63, 3.8) is 0 Å². The maximum atomic E-state index is 3.80. The normalized spacial score (nSPS) is 16.5. The molecule has 1 heterocycles. The van der Waals surface area contributed by atoms with Gasteiger partial charge in [-0.2, -0.15) is 0 Å². The van der Waals surface area contributed by atoms with Crippen molar-refractivity contribution in [3.05, 3.63) is 106 Å². The lowest BCUT2D eigenvalue weighted by molar-refractivity contribution is -0.00951. The Hall–Kier alpha value is -1.94. The highest BCUT2D eigenvalue weighted by Gasteiger charge is 2.31. The molecule has 2 nitrogen and oxygen atoms in total. The Morgan fingerprint density at radius 3 is 1.67 bits per heavy atom. The lowest BCUT2D eigenvalue weighted by atomic mass is 10.0. The summed E-state index contributed by atoms with van der Waals surface area (Å²) in [6.07, 6.45) is 1.47. The number of halogens is 1. The molecule has 0 spiro atoms. The van der Waals surface area contributed by atoms with Crippen molar-refractivity contribution in [2.24, 2.45) is 0 Å². The van der Waals surface area contributed by atoms with Gasteiger partial charge in [-0.25, -0.2) is 0 Å². The minimum atomic E-state index is 0.273. The Morgan fingerprint density at radius 1 is 0.667 bits per heavy atom. The van der Waals surface area contributed by atoms with Crippen LogP contribution in [-0.4, -0.2) is 22.9 Å². The summed E-state index contributed by atoms with van der Waals surface area (Å²) in [5.74, 6) is 0. The summed E-state index contributed by atoms with van der Waals surface area (Å²) in [7, 11) is 0. The van der Waals surface area contributed by atoms with Crippen LogP contribution in [-0.2, 0) is 13.1 Å². The number of rotatable bonds is 5. The van der Waals surface area contributed by atoms with E-state index in [2.05, 4.69) is 111 Å². The van der Waals surface area contributed by atoms with Crippen molar-refractivity contribution in [1.82, 2.24) is 9.80 Å². The Morgan fingerprint density at radius 2 is 1.15 bits per heavy atom. The molecule has 0 aromatic heterocycles. The fourth-order valence-corrected chi connectivity index (χ4v) is 4.49. The van der Waals surface area contributed by atoms with Gasteiger partial charge in [0.1, 0.15) is 0 Å². The number of nitrogens with zero attached hydrogens (tertiary/aromatic N) is 2. The monoisotopic (exact) mass is 420 g/mol. The van der Waals surface area contributed by atoms with E-state index in [4.69, 9.17) is 0 Å². The molecule has 4 rings (SSSR count). The molecule has 3 aromatic carbocycles. The van der Waals surface area contributed by atoms with Gasteiger partial charge in [-0.3, -0.25) is 9.80 Å². The predicted octanol–water partition coefficient (Wildman–Crippen LogP) is 5.86. The smallest absolute Gasteiger partial charge is 0.0903 e. The molecule has 0 bridgehead atoms. The largest absolute Gasteiger partial charge is 0.280 e. The van der Waals surface area contributed by atoms with Crippen molar-refractivity contribution in [1.29, 1.82) is 0 Å². The molecule has 1 aliphatic heterocycles. The first-order chi connectivity index (χ1) is 13.3. The molecular weight excluding hydrogens is 396 g/mol. The number of hydrogen-bond donors (Lipinski definition) is 0. The quantitative estimate of drug-likeness (QED) is 0.510. The standard InChI is InChI=1S/C24H25BrN2/c25-23-15-8-7-14-22(23)24-26(18-20-10-3-1-4-11-20)16-9-17-27(24)19-21-12-5-2-6-13-21/h1-8,10-15,24H,9,16-19H2. The molecule has 0 atom stereocenters. The van der Waals surface area contributed by atoms with Gasteiger partial charge >= 0.3 is 0 Å². The zero-order chi connectivity index (χ0) is 18.5. The molecule has 0 unspecified atom stereocenters. The van der Waals surface area contributed by atoms with Crippen LogP contribution in [0.15, 0.2) is 89.4 Å². The highest BCUT2D eigenvalue weighted by molar-refractivity contribution is 9.10. The van der Waals surface area contributed by atoms with Gasteiger partial charge in [0, 0.05) is 30.7 Å². The van der Waals surface area contributed by atoms with Crippen LogP contribution < -0.4 is 0 Å². The maximum Gasteiger partial charge on any atom is 0.0903 e. The van der Waals surface area contributed by atoms with Crippen LogP contribution in [0.3, 0.4) is 0 Å². The van der Waals surface area contributed by atoms with Gasteiger partial charge in [-0.05, 0) is 29.2 Å². The first-order valence-electron chi connectivity index (χ1n) is 9.61. The van der Waals surface area contributed by atoms with E-state index in [-0.39, 0.29) is 6.17 Å². The second-order valence-corrected chi connectivity index (χ2v) is 8.02. The summed E-state index contributed by atoms with van der Waals surface area (Å²) in [5.41, 5.74) is 4.09. The van der Waals surface area contributed by atoms with Crippen molar-refractivity contribution in [2.45, 2.75) is 25.7 Å². The molecule has 0 saturated carbocycles. The molecule has 0 N–H and O–H groups in total. The summed E-state index contributed by atoms with van der Waals surface area (Å²) < 4.78 is 1.19. The number of benzene rings is 3. The maximum absolute atomic E-state index is 3.80. The van der Waals surface area contributed by atoms with Crippen molar-refractivity contribution in [2.75, 3.05) is 13.1 Å². The summed E-state index contributed by atoms with van der Waals surface area (Å²) in [6.45, 7) is 4.18. The topological polar surface area (TPSA) is 6.48 Å². The molecule has 3 aromatic rings. The fourth-order valence-electron chi connectivity index (χ4n) is 4.00. The predicted molar refractivity (Wildman–Crippen MR) is 115 cm³/mol. The molecule has 138 valence electrons. The van der Waals surface area contributed by atoms with Gasteiger partial charge in [0.25, 0.3) is 0 Å². The van der Waals surface area contributed by atoms with E-state index < -0.39 is 0 Å². The third kappa shape index (κ3) is 4.49. The van der Waals surface area contributed by atoms with E-state index in [0.717, 1.165) is 26.2 Å². The Bertz CT molecular complexity index is 801. The molecule has 0 amide bonds. The summed E-state index contributed by atoms with van der Waals surface area (Å²) in [6, 6.07) is 30.3. The van der Waals surface area contributed by atoms with Gasteiger partial charge in [-0.1, -0.05) is 94.8 Å². The molecule has 0 aliphatic carbocycles. The first kappa shape index (κ1) is 18.4. The fraction of sp³-hybridized carbons (Fsp3) is 0.250. The minimum absolute atomic E-state index is 0.273. The van der Waals surface area contributed by atoms with Gasteiger partial charge in [0.2, 0.25) is 0 Å².